The molecule has 0 aliphatic rings. The van der Waals surface area contributed by atoms with Crippen LogP contribution in [0.4, 0.5) is 0 Å². The fourth-order valence-corrected chi connectivity index (χ4v) is 1.19. The zero-order valence-corrected chi connectivity index (χ0v) is 15.1. The van der Waals surface area contributed by atoms with Crippen LogP contribution in [0.25, 0.3) is 0 Å². The summed E-state index contributed by atoms with van der Waals surface area (Å²) in [6.07, 6.45) is 22.3. The average Bonchev–Trinajstić information content (AvgIpc) is 2.57. The van der Waals surface area contributed by atoms with Crippen LogP contribution in [0.2, 0.25) is 0 Å². The topological polar surface area (TPSA) is 74.6 Å². The third-order valence-corrected chi connectivity index (χ3v) is 2.62. The van der Waals surface area contributed by atoms with E-state index in [1.165, 1.54) is 19.1 Å². The molecule has 0 unspecified atom stereocenters. The van der Waals surface area contributed by atoms with Crippen molar-refractivity contribution in [2.75, 3.05) is 0 Å². The van der Waals surface area contributed by atoms with Gasteiger partial charge in [-0.05, 0) is 57.4 Å². The van der Waals surface area contributed by atoms with E-state index in [0.717, 1.165) is 31.0 Å². The van der Waals surface area contributed by atoms with E-state index in [-0.39, 0.29) is 72.6 Å². The van der Waals surface area contributed by atoms with Crippen LogP contribution in [-0.2, 0) is 9.59 Å². The van der Waals surface area contributed by atoms with E-state index in [4.69, 9.17) is 10.2 Å². The number of hydrogen-bond donors (Lipinski definition) is 2. The number of carbonyl (C=O) groups is 2. The number of aliphatic hydroxyl groups excluding tert-OH is 2. The Bertz CT molecular complexity index is 569. The van der Waals surface area contributed by atoms with Gasteiger partial charge in [0.05, 0.1) is 12.0 Å². The predicted molar refractivity (Wildman–Crippen MR) is 165 cm³/mol. The van der Waals surface area contributed by atoms with E-state index in [9.17, 15) is 9.59 Å². The fraction of sp³-hybridized carbons (Fsp3) is 0.467. The smallest absolute Gasteiger partial charge is 0.152 e. The summed E-state index contributed by atoms with van der Waals surface area (Å²) >= 11 is 0. The summed E-state index contributed by atoms with van der Waals surface area (Å²) in [5.74, 6) is 0.342. The van der Waals surface area contributed by atoms with Gasteiger partial charge in [0.1, 0.15) is 6.29 Å². The van der Waals surface area contributed by atoms with Crippen molar-refractivity contribution in [3.8, 4) is 0 Å². The number of ketones is 1. The van der Waals surface area contributed by atoms with E-state index in [2.05, 4.69) is 0 Å². The molecule has 4 heteroatoms. The van der Waals surface area contributed by atoms with Crippen LogP contribution in [0, 0.1) is 0 Å². The quantitative estimate of drug-likeness (QED) is 0.111. The monoisotopic (exact) mass is 488 g/mol. The number of rotatable bonds is 9. The van der Waals surface area contributed by atoms with E-state index < -0.39 is 0 Å². The Morgan fingerprint density at radius 3 is 1.41 bits per heavy atom. The zero-order valence-electron chi connectivity index (χ0n) is 15.1. The molecule has 0 saturated carbocycles. The number of aliphatic hydroxyl groups is 2. The van der Waals surface area contributed by atoms with Crippen molar-refractivity contribution in [1.29, 1.82) is 0 Å². The van der Waals surface area contributed by atoms with Crippen molar-refractivity contribution in [2.24, 2.45) is 0 Å². The van der Waals surface area contributed by atoms with Gasteiger partial charge < -0.3 is 10.2 Å². The molecule has 0 atom stereocenters. The van der Waals surface area contributed by atoms with Crippen LogP contribution >= 0.6 is 0 Å². The molecule has 0 aliphatic carbocycles. The molecule has 0 bridgehead atoms. The second kappa shape index (κ2) is 57.3. The Labute approximate surface area is 216 Å². The van der Waals surface area contributed by atoms with Gasteiger partial charge in [0.15, 0.2) is 5.78 Å². The third kappa shape index (κ3) is 70.1. The fourth-order valence-electron chi connectivity index (χ4n) is 1.19. The summed E-state index contributed by atoms with van der Waals surface area (Å²) in [4.78, 5) is 20.3. The van der Waals surface area contributed by atoms with Crippen molar-refractivity contribution in [3.63, 3.8) is 0 Å². The molecular weight excluding hydrogens is 424 g/mol. The SMILES string of the molecule is C.C.C.C.C.C.C.C.C.CC(=O)/C=C\C=CC=C/C(C)=C(/C)O.O=C/C=C\C=CCC/C=C\O. The highest BCUT2D eigenvalue weighted by Gasteiger charge is 1.84. The highest BCUT2D eigenvalue weighted by atomic mass is 16.3. The number of unbranched alkanes of at least 4 members (excludes halogenated alkanes) is 1. The lowest BCUT2D eigenvalue weighted by Crippen LogP contribution is -1.77. The van der Waals surface area contributed by atoms with Crippen molar-refractivity contribution in [3.05, 3.63) is 84.4 Å². The zero-order chi connectivity index (χ0) is 19.3. The lowest BCUT2D eigenvalue weighted by molar-refractivity contribution is -0.112. The first-order valence-electron chi connectivity index (χ1n) is 7.90. The molecule has 0 spiro atoms. The highest BCUT2D eigenvalue weighted by Crippen LogP contribution is 2.00. The van der Waals surface area contributed by atoms with Crippen LogP contribution in [0.5, 0.6) is 0 Å². The normalized spacial score (nSPS) is 9.74. The van der Waals surface area contributed by atoms with Crippen molar-refractivity contribution >= 4 is 12.1 Å². The van der Waals surface area contributed by atoms with E-state index in [1.54, 1.807) is 55.5 Å². The molecule has 0 radical (unpaired) electrons. The molecule has 0 saturated heterocycles. The van der Waals surface area contributed by atoms with Crippen LogP contribution < -0.4 is 0 Å². The Morgan fingerprint density at radius 2 is 1.03 bits per heavy atom. The van der Waals surface area contributed by atoms with Crippen molar-refractivity contribution in [1.82, 2.24) is 0 Å². The van der Waals surface area contributed by atoms with Crippen molar-refractivity contribution < 1.29 is 19.8 Å². The van der Waals surface area contributed by atoms with Gasteiger partial charge in [0.2, 0.25) is 0 Å². The number of carbonyl (C=O) groups excluding carboxylic acids is 2. The lowest BCUT2D eigenvalue weighted by atomic mass is 10.2. The summed E-state index contributed by atoms with van der Waals surface area (Å²) in [6, 6.07) is 0. The summed E-state index contributed by atoms with van der Waals surface area (Å²) < 4.78 is 0. The maximum Gasteiger partial charge on any atom is 0.152 e. The summed E-state index contributed by atoms with van der Waals surface area (Å²) in [5, 5.41) is 17.3. The maximum absolute atomic E-state index is 10.5. The van der Waals surface area contributed by atoms with Gasteiger partial charge >= 0.3 is 0 Å². The number of aldehydes is 1. The van der Waals surface area contributed by atoms with Gasteiger partial charge in [-0.1, -0.05) is 115 Å². The minimum Gasteiger partial charge on any atom is -0.516 e. The summed E-state index contributed by atoms with van der Waals surface area (Å²) in [5.41, 5.74) is 0.824. The Hall–Kier alpha value is -2.88. The van der Waals surface area contributed by atoms with Gasteiger partial charge in [-0.3, -0.25) is 9.59 Å². The Morgan fingerprint density at radius 1 is 0.618 bits per heavy atom. The second-order valence-electron chi connectivity index (χ2n) is 4.89. The third-order valence-electron chi connectivity index (χ3n) is 2.62. The van der Waals surface area contributed by atoms with Gasteiger partial charge in [-0.25, -0.2) is 0 Å². The van der Waals surface area contributed by atoms with Gasteiger partial charge in [0.25, 0.3) is 0 Å². The van der Waals surface area contributed by atoms with E-state index in [1.807, 2.05) is 13.0 Å². The minimum atomic E-state index is 0. The molecule has 0 aromatic rings. The molecule has 0 aliphatic heterocycles. The minimum absolute atomic E-state index is 0. The highest BCUT2D eigenvalue weighted by molar-refractivity contribution is 5.87. The summed E-state index contributed by atoms with van der Waals surface area (Å²) in [6.45, 7) is 4.96. The van der Waals surface area contributed by atoms with Crippen molar-refractivity contribution in [2.45, 2.75) is 100 Å². The average molecular weight is 489 g/mol. The molecule has 0 amide bonds. The Kier molecular flexibility index (Phi) is 117. The first-order valence-corrected chi connectivity index (χ1v) is 7.90. The first kappa shape index (κ1) is 69.7. The van der Waals surface area contributed by atoms with Crippen LogP contribution in [0.15, 0.2) is 84.4 Å². The molecule has 0 fully saturated rings. The second-order valence-corrected chi connectivity index (χ2v) is 4.89. The summed E-state index contributed by atoms with van der Waals surface area (Å²) in [7, 11) is 0. The predicted octanol–water partition coefficient (Wildman–Crippen LogP) is 11.0. The number of allylic oxidation sites excluding steroid dienone is 13. The molecule has 0 aromatic carbocycles. The number of hydrogen-bond acceptors (Lipinski definition) is 4. The van der Waals surface area contributed by atoms with Crippen LogP contribution in [-0.4, -0.2) is 22.3 Å². The lowest BCUT2D eigenvalue weighted by Gasteiger charge is -1.91. The maximum atomic E-state index is 10.5. The Balaban J connectivity index is -0.0000000277. The molecule has 2 N–H and O–H groups in total. The molecule has 34 heavy (non-hydrogen) atoms. The van der Waals surface area contributed by atoms with Crippen LogP contribution in [0.1, 0.15) is 100 Å². The largest absolute Gasteiger partial charge is 0.516 e. The van der Waals surface area contributed by atoms with Gasteiger partial charge in [0, 0.05) is 0 Å². The molecule has 0 rings (SSSR count). The molecule has 4 nitrogen and oxygen atoms in total. The van der Waals surface area contributed by atoms with Gasteiger partial charge in [-0.15, -0.1) is 0 Å². The standard InChI is InChI=1S/C12H16O2.C9H12O2.9CH4/c1-10(12(3)14)8-6-4-5-7-9-11(2)13;10-8-6-4-2-1-3-5-7-9-11;;;;;;;;;/h4-9,14H,1-3H3;1-2,4,6-9,11H,3,5H2;9*1H4/b5-4?,8-6?,9-7-,12-10-;2-1?,6-4-,9-7-;;;;;;;;;. The molecule has 0 heterocycles. The van der Waals surface area contributed by atoms with E-state index >= 15 is 0 Å². The molecule has 0 aromatic heterocycles. The van der Waals surface area contributed by atoms with Crippen LogP contribution in [0.3, 0.4) is 0 Å². The molecular formula is C30H64O4. The first-order chi connectivity index (χ1) is 12.0. The van der Waals surface area contributed by atoms with Gasteiger partial charge in [-0.2, -0.15) is 0 Å². The van der Waals surface area contributed by atoms with E-state index in [0.29, 0.717) is 5.76 Å². The molecule has 208 valence electrons.